The zero-order valence-corrected chi connectivity index (χ0v) is 80.5. The molecule has 0 aliphatic rings. The second-order valence-corrected chi connectivity index (χ2v) is 28.9. The van der Waals surface area contributed by atoms with E-state index in [0.29, 0.717) is 143 Å². The van der Waals surface area contributed by atoms with Crippen molar-refractivity contribution in [2.75, 3.05) is 156 Å². The van der Waals surface area contributed by atoms with Gasteiger partial charge in [-0.3, -0.25) is 19.2 Å². The highest BCUT2D eigenvalue weighted by Gasteiger charge is 2.19. The van der Waals surface area contributed by atoms with Crippen molar-refractivity contribution in [2.24, 2.45) is 0 Å². The highest BCUT2D eigenvalue weighted by Crippen LogP contribution is 2.44. The molecule has 12 rings (SSSR count). The first-order chi connectivity index (χ1) is 67.2. The second kappa shape index (κ2) is 54.6. The molecular weight excluding hydrogens is 1760 g/mol. The van der Waals surface area contributed by atoms with Gasteiger partial charge in [0.1, 0.15) is 40.2 Å². The molecular formula is C111H114N4O23. The summed E-state index contributed by atoms with van der Waals surface area (Å²) in [6.07, 6.45) is 27.9. The minimum Gasteiger partial charge on any atom is -0.497 e. The van der Waals surface area contributed by atoms with Crippen LogP contribution >= 0.6 is 0 Å². The number of allylic oxidation sites excluding steroid dienone is 4. The average molecular weight is 1870 g/mol. The summed E-state index contributed by atoms with van der Waals surface area (Å²) in [5, 5.41) is 12.5. The molecule has 0 atom stereocenters. The number of methoxy groups -OCH3 is 19. The monoisotopic (exact) mass is 1870 g/mol. The van der Waals surface area contributed by atoms with E-state index in [1.165, 1.54) is 31.4 Å². The average Bonchev–Trinajstić information content (AvgIpc) is 0.830. The summed E-state index contributed by atoms with van der Waals surface area (Å²) in [5.41, 5.74) is 12.4. The Kier molecular flexibility index (Phi) is 41.3. The molecule has 0 saturated carbocycles. The van der Waals surface area contributed by atoms with E-state index in [4.69, 9.17) is 90.0 Å². The molecule has 0 spiro atoms. The smallest absolute Gasteiger partial charge is 0.203 e. The first kappa shape index (κ1) is 104. The number of hydrogen-bond donors (Lipinski definition) is 4. The Morgan fingerprint density at radius 3 is 0.725 bits per heavy atom. The lowest BCUT2D eigenvalue weighted by Crippen LogP contribution is -2.00. The molecule has 0 aliphatic carbocycles. The third-order valence-corrected chi connectivity index (χ3v) is 20.6. The summed E-state index contributed by atoms with van der Waals surface area (Å²) < 4.78 is 102. The second-order valence-electron chi connectivity index (χ2n) is 28.9. The number of nitrogens with one attached hydrogen (secondary N) is 4. The van der Waals surface area contributed by atoms with Crippen LogP contribution in [-0.4, -0.2) is 158 Å². The van der Waals surface area contributed by atoms with E-state index in [9.17, 15) is 19.2 Å². The van der Waals surface area contributed by atoms with Crippen molar-refractivity contribution >= 4 is 94.5 Å². The molecule has 0 aliphatic heterocycles. The highest BCUT2D eigenvalue weighted by atomic mass is 16.6. The summed E-state index contributed by atoms with van der Waals surface area (Å²) >= 11 is 0. The molecule has 12 aromatic carbocycles. The van der Waals surface area contributed by atoms with Gasteiger partial charge < -0.3 is 111 Å². The van der Waals surface area contributed by atoms with Crippen LogP contribution in [0.15, 0.2) is 274 Å². The lowest BCUT2D eigenvalue weighted by Gasteiger charge is -2.13. The van der Waals surface area contributed by atoms with Gasteiger partial charge in [0.2, 0.25) is 23.0 Å². The zero-order chi connectivity index (χ0) is 99.3. The van der Waals surface area contributed by atoms with E-state index in [0.717, 1.165) is 55.9 Å². The predicted octanol–water partition coefficient (Wildman–Crippen LogP) is 22.8. The number of anilines is 4. The molecule has 0 unspecified atom stereocenters. The van der Waals surface area contributed by atoms with Crippen molar-refractivity contribution in [3.63, 3.8) is 0 Å². The fraction of sp³-hybridized carbons (Fsp3) is 0.171. The van der Waals surface area contributed by atoms with E-state index in [-0.39, 0.29) is 23.1 Å². The largest absolute Gasteiger partial charge is 0.497 e. The first-order valence-corrected chi connectivity index (χ1v) is 42.7. The number of hydrogen-bond acceptors (Lipinski definition) is 27. The topological polar surface area (TPSA) is 292 Å². The molecule has 0 fully saturated rings. The van der Waals surface area contributed by atoms with E-state index >= 15 is 0 Å². The maximum Gasteiger partial charge on any atom is 0.203 e. The Balaban J connectivity index is 0.000000206. The quantitative estimate of drug-likeness (QED) is 0.0157. The van der Waals surface area contributed by atoms with Crippen molar-refractivity contribution in [1.82, 2.24) is 0 Å². The summed E-state index contributed by atoms with van der Waals surface area (Å²) in [4.78, 5) is 49.7. The van der Waals surface area contributed by atoms with Gasteiger partial charge in [0, 0.05) is 65.8 Å². The molecule has 27 heteroatoms. The normalized spacial score (nSPS) is 10.9. The van der Waals surface area contributed by atoms with Crippen LogP contribution in [0.1, 0.15) is 85.9 Å². The fourth-order valence-electron chi connectivity index (χ4n) is 13.5. The zero-order valence-electron chi connectivity index (χ0n) is 80.5. The van der Waals surface area contributed by atoms with Crippen molar-refractivity contribution in [3.8, 4) is 109 Å². The summed E-state index contributed by atoms with van der Waals surface area (Å²) in [7, 11) is 30.0. The third kappa shape index (κ3) is 29.6. The number of benzene rings is 12. The van der Waals surface area contributed by atoms with Crippen LogP contribution in [-0.2, 0) is 0 Å². The lowest BCUT2D eigenvalue weighted by atomic mass is 10.1. The number of rotatable bonds is 43. The van der Waals surface area contributed by atoms with Crippen LogP contribution in [0, 0.1) is 0 Å². The predicted molar refractivity (Wildman–Crippen MR) is 546 cm³/mol. The van der Waals surface area contributed by atoms with Gasteiger partial charge in [-0.1, -0.05) is 127 Å². The fourth-order valence-corrected chi connectivity index (χ4v) is 13.5. The molecule has 716 valence electrons. The van der Waals surface area contributed by atoms with E-state index in [1.807, 2.05) is 194 Å². The Morgan fingerprint density at radius 2 is 0.442 bits per heavy atom. The maximum atomic E-state index is 12.6. The SMILES string of the molecule is COc1ccc(/C=C\c2cc(OC)c(OC)c(OC)c2)cc1N/C=C\C(=O)c1ccccc1.COc1ccc(/C=C\c2cc(OC)c(OC)c(OC)c2)cc1N/C=C\C(=O)c1ccccc1OC.COc1ccc(C(=O)/C=C\Nc2cc(/C=C\c3cc(OC)c(OC)c(OC)c3)ccc2OC)cc1.COc1cccc(C(=O)/C=C\Nc2cc(/C=C\c3cc(OC)c(OC)c(OC)c3)ccc2OC)c1. The Morgan fingerprint density at radius 1 is 0.188 bits per heavy atom. The van der Waals surface area contributed by atoms with Crippen LogP contribution in [0.25, 0.3) is 48.6 Å². The summed E-state index contributed by atoms with van der Waals surface area (Å²) in [5.74, 6) is 10.7. The molecule has 4 N–H and O–H groups in total. The number of carbonyl (C=O) groups excluding carboxylic acids is 4. The van der Waals surface area contributed by atoms with E-state index < -0.39 is 0 Å². The van der Waals surface area contributed by atoms with Gasteiger partial charge >= 0.3 is 0 Å². The van der Waals surface area contributed by atoms with E-state index in [2.05, 4.69) is 21.3 Å². The van der Waals surface area contributed by atoms with Crippen LogP contribution in [0.3, 0.4) is 0 Å². The van der Waals surface area contributed by atoms with Gasteiger partial charge in [-0.25, -0.2) is 0 Å². The molecule has 12 aromatic rings. The summed E-state index contributed by atoms with van der Waals surface area (Å²) in [6.45, 7) is 0. The van der Waals surface area contributed by atoms with Crippen molar-refractivity contribution in [3.05, 3.63) is 340 Å². The number of carbonyl (C=O) groups is 4. The molecule has 0 bridgehead atoms. The van der Waals surface area contributed by atoms with Crippen molar-refractivity contribution in [2.45, 2.75) is 0 Å². The third-order valence-electron chi connectivity index (χ3n) is 20.6. The minimum atomic E-state index is -0.174. The first-order valence-electron chi connectivity index (χ1n) is 42.7. The molecule has 138 heavy (non-hydrogen) atoms. The lowest BCUT2D eigenvalue weighted by molar-refractivity contribution is 0.103. The van der Waals surface area contributed by atoms with Gasteiger partial charge in [0.05, 0.1) is 163 Å². The van der Waals surface area contributed by atoms with Crippen molar-refractivity contribution < 1.29 is 109 Å². The van der Waals surface area contributed by atoms with E-state index in [1.54, 1.807) is 232 Å². The van der Waals surface area contributed by atoms with Gasteiger partial charge in [-0.05, 0) is 190 Å². The molecule has 0 aromatic heterocycles. The van der Waals surface area contributed by atoms with Crippen LogP contribution in [0.2, 0.25) is 0 Å². The van der Waals surface area contributed by atoms with Crippen LogP contribution in [0.4, 0.5) is 22.7 Å². The van der Waals surface area contributed by atoms with Crippen molar-refractivity contribution in [1.29, 1.82) is 0 Å². The Hall–Kier alpha value is -17.4. The van der Waals surface area contributed by atoms with Gasteiger partial charge in [-0.15, -0.1) is 0 Å². The maximum absolute atomic E-state index is 12.6. The Bertz CT molecular complexity index is 6250. The molecule has 0 saturated heterocycles. The van der Waals surface area contributed by atoms with Gasteiger partial charge in [0.25, 0.3) is 0 Å². The Labute approximate surface area is 805 Å². The number of para-hydroxylation sites is 1. The van der Waals surface area contributed by atoms with Gasteiger partial charge in [0.15, 0.2) is 69.1 Å². The summed E-state index contributed by atoms with van der Waals surface area (Å²) in [6, 6.07) is 68.0. The molecule has 0 heterocycles. The molecule has 0 amide bonds. The van der Waals surface area contributed by atoms with Crippen LogP contribution in [0.5, 0.6) is 109 Å². The number of ether oxygens (including phenoxy) is 19. The highest BCUT2D eigenvalue weighted by molar-refractivity contribution is 6.07. The minimum absolute atomic E-state index is 0.0829. The molecule has 27 nitrogen and oxygen atoms in total. The molecule has 0 radical (unpaired) electrons. The van der Waals surface area contributed by atoms with Crippen LogP contribution < -0.4 is 111 Å². The standard InChI is InChI=1S/3C28H29NO6.C27H27NO5/c1-31-22-11-9-21(10-12-22)24(30)14-15-29-23-16-19(8-13-25(23)32-2)6-7-20-17-26(33-3)28(35-5)27(18-20)34-4;1-31-22-8-6-7-21(18-22)24(30)13-14-29-23-15-19(11-12-25(23)32-2)9-10-20-16-26(33-3)28(35-5)27(17-20)34-4;1-31-24-9-7-6-8-21(24)23(30)14-15-29-22-16-19(12-13-25(22)32-2)10-11-20-17-26(33-3)28(35-5)27(18-20)34-4;1-30-24-13-12-19(10-11-20-17-25(31-2)27(33-4)26(18-20)32-3)16-22(24)28-15-14-23(29)21-8-6-5-7-9-21/h3*6-18,29H,1-5H3;5-18,28H,1-4H3/b7-6-,15-14-;10-9-,14-13-;2*11-10-,15-14-. The number of ketones is 4. The van der Waals surface area contributed by atoms with Gasteiger partial charge in [-0.2, -0.15) is 0 Å².